The first-order valence-corrected chi connectivity index (χ1v) is 9.51. The summed E-state index contributed by atoms with van der Waals surface area (Å²) >= 11 is 0. The molecule has 1 aliphatic rings. The van der Waals surface area contributed by atoms with Crippen molar-refractivity contribution in [2.45, 2.75) is 39.9 Å². The van der Waals surface area contributed by atoms with E-state index < -0.39 is 0 Å². The van der Waals surface area contributed by atoms with Crippen LogP contribution in [-0.2, 0) is 35.6 Å². The second-order valence-corrected chi connectivity index (χ2v) is 7.37. The molecule has 0 spiro atoms. The zero-order chi connectivity index (χ0) is 19.0. The molecule has 0 amide bonds. The van der Waals surface area contributed by atoms with E-state index in [-0.39, 0.29) is 12.5 Å². The summed E-state index contributed by atoms with van der Waals surface area (Å²) in [7, 11) is 2.18. The van der Waals surface area contributed by atoms with Crippen molar-refractivity contribution in [1.29, 1.82) is 0 Å². The van der Waals surface area contributed by atoms with Crippen LogP contribution in [0.2, 0.25) is 0 Å². The Morgan fingerprint density at radius 2 is 2.19 bits per heavy atom. The number of aryl methyl sites for hydroxylation is 1. The lowest BCUT2D eigenvalue weighted by molar-refractivity contribution is -0.144. The third-order valence-corrected chi connectivity index (χ3v) is 5.22. The highest BCUT2D eigenvalue weighted by molar-refractivity contribution is 5.86. The molecule has 0 bridgehead atoms. The van der Waals surface area contributed by atoms with Gasteiger partial charge in [0.1, 0.15) is 6.54 Å². The highest BCUT2D eigenvalue weighted by atomic mass is 16.5. The highest BCUT2D eigenvalue weighted by Gasteiger charge is 2.22. The molecule has 142 valence electrons. The van der Waals surface area contributed by atoms with Crippen LogP contribution in [-0.4, -0.2) is 45.4 Å². The average molecular weight is 366 g/mol. The fourth-order valence-electron chi connectivity index (χ4n) is 3.98. The zero-order valence-corrected chi connectivity index (χ0v) is 16.2. The molecule has 0 atom stereocenters. The molecule has 0 saturated carbocycles. The average Bonchev–Trinajstić information content (AvgIpc) is 3.18. The molecule has 4 rings (SSSR count). The molecule has 0 saturated heterocycles. The maximum Gasteiger partial charge on any atom is 0.327 e. The molecule has 0 N–H and O–H groups in total. The van der Waals surface area contributed by atoms with Gasteiger partial charge in [-0.3, -0.25) is 9.48 Å². The Hall–Kier alpha value is -2.60. The topological polar surface area (TPSA) is 52.3 Å². The Morgan fingerprint density at radius 1 is 1.33 bits per heavy atom. The van der Waals surface area contributed by atoms with Crippen LogP contribution in [0, 0.1) is 6.92 Å². The summed E-state index contributed by atoms with van der Waals surface area (Å²) in [4.78, 5) is 14.1. The smallest absolute Gasteiger partial charge is 0.327 e. The maximum absolute atomic E-state index is 11.7. The van der Waals surface area contributed by atoms with E-state index in [4.69, 9.17) is 4.74 Å². The van der Waals surface area contributed by atoms with Crippen molar-refractivity contribution in [1.82, 2.24) is 19.2 Å². The summed E-state index contributed by atoms with van der Waals surface area (Å²) in [6.07, 6.45) is 4.84. The molecular weight excluding hydrogens is 340 g/mol. The van der Waals surface area contributed by atoms with Crippen LogP contribution < -0.4 is 0 Å². The van der Waals surface area contributed by atoms with Crippen molar-refractivity contribution < 1.29 is 9.53 Å². The van der Waals surface area contributed by atoms with Crippen LogP contribution in [0.5, 0.6) is 0 Å². The number of ether oxygens (including phenoxy) is 1. The van der Waals surface area contributed by atoms with Crippen LogP contribution in [0.3, 0.4) is 0 Å². The van der Waals surface area contributed by atoms with Gasteiger partial charge in [-0.25, -0.2) is 0 Å². The molecule has 0 fully saturated rings. The van der Waals surface area contributed by atoms with Gasteiger partial charge >= 0.3 is 5.97 Å². The van der Waals surface area contributed by atoms with Gasteiger partial charge < -0.3 is 14.2 Å². The molecule has 0 aliphatic carbocycles. The predicted molar refractivity (Wildman–Crippen MR) is 105 cm³/mol. The van der Waals surface area contributed by atoms with Crippen LogP contribution in [0.15, 0.2) is 30.6 Å². The van der Waals surface area contributed by atoms with Crippen LogP contribution in [0.1, 0.15) is 29.3 Å². The molecule has 3 aromatic rings. The van der Waals surface area contributed by atoms with Gasteiger partial charge in [-0.15, -0.1) is 0 Å². The third-order valence-electron chi connectivity index (χ3n) is 5.22. The van der Waals surface area contributed by atoms with Gasteiger partial charge in [0.2, 0.25) is 0 Å². The van der Waals surface area contributed by atoms with Crippen molar-refractivity contribution in [2.24, 2.45) is 0 Å². The largest absolute Gasteiger partial charge is 0.465 e. The number of esters is 1. The van der Waals surface area contributed by atoms with Gasteiger partial charge in [0.15, 0.2) is 0 Å². The first-order valence-electron chi connectivity index (χ1n) is 9.51. The lowest BCUT2D eigenvalue weighted by Gasteiger charge is -2.24. The summed E-state index contributed by atoms with van der Waals surface area (Å²) < 4.78 is 9.08. The molecule has 0 unspecified atom stereocenters. The Kier molecular flexibility index (Phi) is 4.74. The molecule has 0 radical (unpaired) electrons. The number of benzene rings is 1. The SMILES string of the molecule is CCOC(=O)Cn1cc(Cn2c3c(c4cc(C)ccc42)CN(C)CC3)cn1. The number of carbonyl (C=O) groups is 1. The molecular formula is C21H26N4O2. The Balaban J connectivity index is 1.67. The fraction of sp³-hybridized carbons (Fsp3) is 0.429. The van der Waals surface area contributed by atoms with Gasteiger partial charge in [0.25, 0.3) is 0 Å². The summed E-state index contributed by atoms with van der Waals surface area (Å²) in [5.74, 6) is -0.255. The first kappa shape index (κ1) is 17.8. The molecule has 3 heterocycles. The Labute approximate surface area is 159 Å². The van der Waals surface area contributed by atoms with Crippen molar-refractivity contribution in [3.8, 4) is 0 Å². The third kappa shape index (κ3) is 3.49. The molecule has 2 aromatic heterocycles. The van der Waals surface area contributed by atoms with Crippen LogP contribution >= 0.6 is 0 Å². The number of nitrogens with zero attached hydrogens (tertiary/aromatic N) is 4. The van der Waals surface area contributed by atoms with E-state index in [1.165, 1.54) is 27.7 Å². The number of likely N-dealkylation sites (N-methyl/N-ethyl adjacent to an activating group) is 1. The number of carbonyl (C=O) groups excluding carboxylic acids is 1. The van der Waals surface area contributed by atoms with E-state index in [1.54, 1.807) is 4.68 Å². The minimum absolute atomic E-state index is 0.155. The lowest BCUT2D eigenvalue weighted by atomic mass is 10.0. The molecule has 1 aromatic carbocycles. The van der Waals surface area contributed by atoms with Crippen LogP contribution in [0.25, 0.3) is 10.9 Å². The Bertz CT molecular complexity index is 986. The van der Waals surface area contributed by atoms with Gasteiger partial charge in [-0.1, -0.05) is 11.6 Å². The number of hydrogen-bond donors (Lipinski definition) is 0. The minimum Gasteiger partial charge on any atom is -0.465 e. The second kappa shape index (κ2) is 7.19. The van der Waals surface area contributed by atoms with Crippen LogP contribution in [0.4, 0.5) is 0 Å². The normalized spacial score (nSPS) is 14.5. The molecule has 6 heteroatoms. The van der Waals surface area contributed by atoms with Crippen molar-refractivity contribution in [3.63, 3.8) is 0 Å². The van der Waals surface area contributed by atoms with E-state index in [0.29, 0.717) is 6.61 Å². The van der Waals surface area contributed by atoms with E-state index in [0.717, 1.165) is 31.6 Å². The van der Waals surface area contributed by atoms with Gasteiger partial charge in [-0.2, -0.15) is 5.10 Å². The zero-order valence-electron chi connectivity index (χ0n) is 16.2. The summed E-state index contributed by atoms with van der Waals surface area (Å²) in [5.41, 5.74) is 6.53. The van der Waals surface area contributed by atoms with E-state index in [2.05, 4.69) is 46.7 Å². The standard InChI is InChI=1S/C21H26N4O2/c1-4-27-21(26)14-24-11-16(10-22-24)12-25-19-6-5-15(2)9-17(19)18-13-23(3)8-7-20(18)25/h5-6,9-11H,4,7-8,12-14H2,1-3H3. The fourth-order valence-corrected chi connectivity index (χ4v) is 3.98. The van der Waals surface area contributed by atoms with Gasteiger partial charge in [0, 0.05) is 47.9 Å². The summed E-state index contributed by atoms with van der Waals surface area (Å²) in [6, 6.07) is 6.71. The minimum atomic E-state index is -0.255. The second-order valence-electron chi connectivity index (χ2n) is 7.37. The number of rotatable bonds is 5. The summed E-state index contributed by atoms with van der Waals surface area (Å²) in [6.45, 7) is 7.34. The maximum atomic E-state index is 11.7. The molecule has 27 heavy (non-hydrogen) atoms. The van der Waals surface area contributed by atoms with Crippen molar-refractivity contribution >= 4 is 16.9 Å². The predicted octanol–water partition coefficient (Wildman–Crippen LogP) is 2.75. The number of hydrogen-bond acceptors (Lipinski definition) is 4. The first-order chi connectivity index (χ1) is 13.0. The van der Waals surface area contributed by atoms with E-state index in [9.17, 15) is 4.79 Å². The molecule has 1 aliphatic heterocycles. The van der Waals surface area contributed by atoms with E-state index >= 15 is 0 Å². The summed E-state index contributed by atoms with van der Waals surface area (Å²) in [5, 5.41) is 5.69. The monoisotopic (exact) mass is 366 g/mol. The quantitative estimate of drug-likeness (QED) is 0.652. The highest BCUT2D eigenvalue weighted by Crippen LogP contribution is 2.31. The van der Waals surface area contributed by atoms with Gasteiger partial charge in [-0.05, 0) is 38.6 Å². The van der Waals surface area contributed by atoms with E-state index in [1.807, 2.05) is 19.3 Å². The molecule has 6 nitrogen and oxygen atoms in total. The number of aromatic nitrogens is 3. The lowest BCUT2D eigenvalue weighted by Crippen LogP contribution is -2.27. The van der Waals surface area contributed by atoms with Gasteiger partial charge in [0.05, 0.1) is 19.3 Å². The van der Waals surface area contributed by atoms with Crippen molar-refractivity contribution in [2.75, 3.05) is 20.2 Å². The Morgan fingerprint density at radius 3 is 3.00 bits per heavy atom. The van der Waals surface area contributed by atoms with Crippen molar-refractivity contribution in [3.05, 3.63) is 53.0 Å². The number of fused-ring (bicyclic) bond motifs is 3.